The van der Waals surface area contributed by atoms with Crippen molar-refractivity contribution in [1.82, 2.24) is 9.88 Å². The molecule has 2 aliphatic heterocycles. The molecule has 4 aliphatic carbocycles. The minimum Gasteiger partial charge on any atom is -0.392 e. The maximum Gasteiger partial charge on any atom is 0.246 e. The predicted molar refractivity (Wildman–Crippen MR) is 219 cm³/mol. The lowest BCUT2D eigenvalue weighted by Gasteiger charge is -2.64. The maximum absolute atomic E-state index is 14.9. The number of nitrogens with two attached hydrogens (primary N) is 1. The van der Waals surface area contributed by atoms with E-state index in [9.17, 15) is 19.8 Å². The minimum absolute atomic E-state index is 0.0328. The van der Waals surface area contributed by atoms with Crippen molar-refractivity contribution in [2.45, 2.75) is 142 Å². The van der Waals surface area contributed by atoms with Crippen LogP contribution in [0.3, 0.4) is 0 Å². The normalized spacial score (nSPS) is 36.7. The number of unbranched alkanes of at least 4 members (excludes halogenated alkanes) is 1. The fraction of sp³-hybridized carbons (Fsp3) is 0.617. The fourth-order valence-corrected chi connectivity index (χ4v) is 13.2. The number of carbonyl (C=O) groups excluding carboxylic acids is 2. The lowest BCUT2D eigenvalue weighted by Crippen LogP contribution is -2.62. The Morgan fingerprint density at radius 2 is 1.82 bits per heavy atom. The van der Waals surface area contributed by atoms with Gasteiger partial charge in [0.05, 0.1) is 34.5 Å². The van der Waals surface area contributed by atoms with E-state index in [1.165, 1.54) is 11.3 Å². The van der Waals surface area contributed by atoms with E-state index < -0.39 is 34.9 Å². The van der Waals surface area contributed by atoms with E-state index in [2.05, 4.69) is 83.1 Å². The zero-order valence-electron chi connectivity index (χ0n) is 34.6. The summed E-state index contributed by atoms with van der Waals surface area (Å²) >= 11 is 0. The van der Waals surface area contributed by atoms with Crippen LogP contribution >= 0.6 is 0 Å². The standard InChI is InChI=1S/C47H63N3O5/c1-25(2)37-40(53)35-34-28(31-24-43(4,5)55-44(6,7)36(31)39(34)52)23-29-30-22-27-15-16-32-45(8,18-13-14-26(3)42(54)49-21-12-11-20-48)33(51)17-19-46(32,9)47(27,10)41(30)50(37)38(29)35/h13-14,18,23-24,27,32-33,36-37,39,51-52H,1,11-12,15-17,19-22,48H2,2-10H3,(H,49,54)/b18-13+,26-14+. The summed E-state index contributed by atoms with van der Waals surface area (Å²) in [7, 11) is 0. The molecule has 1 aromatic heterocycles. The van der Waals surface area contributed by atoms with Crippen molar-refractivity contribution < 1.29 is 24.5 Å². The van der Waals surface area contributed by atoms with Gasteiger partial charge in [0.2, 0.25) is 5.91 Å². The zero-order valence-corrected chi connectivity index (χ0v) is 34.6. The first-order valence-electron chi connectivity index (χ1n) is 20.8. The van der Waals surface area contributed by atoms with Gasteiger partial charge in [-0.3, -0.25) is 9.59 Å². The summed E-state index contributed by atoms with van der Waals surface area (Å²) in [4.78, 5) is 27.7. The number of Topliss-reactive ketones (excluding diaryl/α,β-unsaturated/α-hetero) is 1. The molecule has 0 radical (unpaired) electrons. The lowest BCUT2D eigenvalue weighted by molar-refractivity contribution is -0.144. The molecule has 8 rings (SSSR count). The smallest absolute Gasteiger partial charge is 0.246 e. The summed E-state index contributed by atoms with van der Waals surface area (Å²) in [5.74, 6) is 0.231. The van der Waals surface area contributed by atoms with Crippen LogP contribution in [-0.4, -0.2) is 56.9 Å². The predicted octanol–water partition coefficient (Wildman–Crippen LogP) is 7.95. The molecule has 6 aliphatic rings. The Balaban J connectivity index is 1.25. The lowest BCUT2D eigenvalue weighted by atomic mass is 9.40. The van der Waals surface area contributed by atoms with E-state index in [4.69, 9.17) is 10.5 Å². The number of benzene rings is 1. The molecule has 8 nitrogen and oxygen atoms in total. The van der Waals surface area contributed by atoms with E-state index in [1.54, 1.807) is 0 Å². The molecule has 296 valence electrons. The maximum atomic E-state index is 14.9. The third kappa shape index (κ3) is 5.16. The molecule has 2 fully saturated rings. The van der Waals surface area contributed by atoms with E-state index in [0.29, 0.717) is 36.6 Å². The number of ether oxygens (including phenoxy) is 1. The van der Waals surface area contributed by atoms with Crippen LogP contribution in [0.4, 0.5) is 0 Å². The number of ketones is 1. The molecule has 2 saturated carbocycles. The Labute approximate surface area is 327 Å². The second kappa shape index (κ2) is 12.6. The number of allylic oxidation sites excluding steroid dienone is 3. The minimum atomic E-state index is -0.857. The van der Waals surface area contributed by atoms with Gasteiger partial charge in [-0.1, -0.05) is 51.2 Å². The molecular formula is C47H63N3O5. The van der Waals surface area contributed by atoms with E-state index >= 15 is 0 Å². The molecule has 1 amide bonds. The van der Waals surface area contributed by atoms with Gasteiger partial charge in [-0.05, 0) is 139 Å². The first-order chi connectivity index (χ1) is 25.7. The summed E-state index contributed by atoms with van der Waals surface area (Å²) in [6.45, 7) is 24.8. The van der Waals surface area contributed by atoms with Crippen molar-refractivity contribution in [3.63, 3.8) is 0 Å². The highest BCUT2D eigenvalue weighted by Crippen LogP contribution is 2.71. The van der Waals surface area contributed by atoms with Crippen LogP contribution in [0.1, 0.15) is 146 Å². The van der Waals surface area contributed by atoms with Gasteiger partial charge in [-0.2, -0.15) is 0 Å². The van der Waals surface area contributed by atoms with Crippen LogP contribution in [0.2, 0.25) is 0 Å². The highest BCUT2D eigenvalue weighted by atomic mass is 16.5. The number of amides is 1. The highest BCUT2D eigenvalue weighted by Gasteiger charge is 2.67. The van der Waals surface area contributed by atoms with E-state index in [-0.39, 0.29) is 34.4 Å². The van der Waals surface area contributed by atoms with Crippen molar-refractivity contribution in [2.24, 2.45) is 34.3 Å². The molecule has 5 N–H and O–H groups in total. The number of aliphatic hydroxyl groups is 2. The van der Waals surface area contributed by atoms with Gasteiger partial charge in [-0.15, -0.1) is 0 Å². The largest absolute Gasteiger partial charge is 0.392 e. The summed E-state index contributed by atoms with van der Waals surface area (Å²) in [6.07, 6.45) is 13.1. The average Bonchev–Trinajstić information content (AvgIpc) is 3.77. The second-order valence-electron chi connectivity index (χ2n) is 19.8. The number of aliphatic hydroxyl groups excluding tert-OH is 2. The number of nitrogens with zero attached hydrogens (tertiary/aromatic N) is 1. The van der Waals surface area contributed by atoms with Gasteiger partial charge in [0.1, 0.15) is 6.04 Å². The third-order valence-electron chi connectivity index (χ3n) is 15.7. The van der Waals surface area contributed by atoms with Crippen LogP contribution in [-0.2, 0) is 21.4 Å². The Kier molecular flexibility index (Phi) is 8.83. The van der Waals surface area contributed by atoms with Crippen molar-refractivity contribution >= 4 is 28.2 Å². The number of carbonyl (C=O) groups is 2. The van der Waals surface area contributed by atoms with Crippen LogP contribution in [0.25, 0.3) is 16.5 Å². The first kappa shape index (κ1) is 38.6. The molecule has 9 atom stereocenters. The molecule has 0 spiro atoms. The number of rotatable bonds is 8. The van der Waals surface area contributed by atoms with E-state index in [0.717, 1.165) is 71.7 Å². The molecule has 55 heavy (non-hydrogen) atoms. The van der Waals surface area contributed by atoms with Gasteiger partial charge in [0, 0.05) is 45.5 Å². The van der Waals surface area contributed by atoms with Crippen molar-refractivity contribution in [1.29, 1.82) is 0 Å². The Bertz CT molecular complexity index is 2120. The second-order valence-corrected chi connectivity index (χ2v) is 19.8. The molecular weight excluding hydrogens is 687 g/mol. The van der Waals surface area contributed by atoms with Crippen LogP contribution < -0.4 is 11.1 Å². The summed E-state index contributed by atoms with van der Waals surface area (Å²) in [6, 6.07) is 1.78. The Morgan fingerprint density at radius 3 is 2.51 bits per heavy atom. The summed E-state index contributed by atoms with van der Waals surface area (Å²) < 4.78 is 8.91. The van der Waals surface area contributed by atoms with Crippen molar-refractivity contribution in [3.8, 4) is 0 Å². The molecule has 0 bridgehead atoms. The average molecular weight is 750 g/mol. The monoisotopic (exact) mass is 749 g/mol. The van der Waals surface area contributed by atoms with Crippen LogP contribution in [0.15, 0.2) is 48.1 Å². The fourth-order valence-electron chi connectivity index (χ4n) is 13.2. The molecule has 8 heteroatoms. The van der Waals surface area contributed by atoms with Crippen molar-refractivity contribution in [2.75, 3.05) is 13.1 Å². The molecule has 3 heterocycles. The van der Waals surface area contributed by atoms with Crippen molar-refractivity contribution in [3.05, 3.63) is 76.0 Å². The van der Waals surface area contributed by atoms with Crippen LogP contribution in [0.5, 0.6) is 0 Å². The first-order valence-corrected chi connectivity index (χ1v) is 20.8. The van der Waals surface area contributed by atoms with Gasteiger partial charge in [-0.25, -0.2) is 0 Å². The summed E-state index contributed by atoms with van der Waals surface area (Å²) in [5, 5.41) is 28.2. The zero-order chi connectivity index (χ0) is 39.8. The topological polar surface area (TPSA) is 127 Å². The molecule has 2 aromatic rings. The SMILES string of the molecule is C=C(C)C1C(=O)c2c3c(cc4c5c(n1c24)C1(C)C(CCC2C(C)(/C=C/C=C(\C)C(=O)NCCCCN)C(O)CCC21C)C5)C1=CC(C)(C)OC(C)(C)C1C3O. The Hall–Kier alpha value is -3.30. The quantitative estimate of drug-likeness (QED) is 0.0940. The number of nitrogens with one attached hydrogen (secondary N) is 1. The Morgan fingerprint density at radius 1 is 1.09 bits per heavy atom. The van der Waals surface area contributed by atoms with E-state index in [1.807, 2.05) is 26.0 Å². The van der Waals surface area contributed by atoms with Crippen LogP contribution in [0, 0.1) is 28.6 Å². The summed E-state index contributed by atoms with van der Waals surface area (Å²) in [5.41, 5.74) is 12.0. The van der Waals surface area contributed by atoms with Gasteiger partial charge in [0.25, 0.3) is 0 Å². The van der Waals surface area contributed by atoms with Gasteiger partial charge >= 0.3 is 0 Å². The third-order valence-corrected chi connectivity index (χ3v) is 15.7. The van der Waals surface area contributed by atoms with Gasteiger partial charge in [0.15, 0.2) is 5.78 Å². The number of fused-ring (bicyclic) bond motifs is 11. The number of hydrogen-bond donors (Lipinski definition) is 4. The number of aromatic nitrogens is 1. The highest BCUT2D eigenvalue weighted by molar-refractivity contribution is 6.18. The van der Waals surface area contributed by atoms with Gasteiger partial charge < -0.3 is 30.6 Å². The molecule has 9 unspecified atom stereocenters. The molecule has 0 saturated heterocycles. The number of hydrogen-bond acceptors (Lipinski definition) is 6. The molecule has 1 aromatic carbocycles.